The average Bonchev–Trinajstić information content (AvgIpc) is 2.23. The molecule has 0 saturated carbocycles. The zero-order chi connectivity index (χ0) is 17.1. The first kappa shape index (κ1) is 21.3. The second kappa shape index (κ2) is 7.26. The van der Waals surface area contributed by atoms with Crippen LogP contribution in [0, 0.1) is 0 Å². The lowest BCUT2D eigenvalue weighted by Crippen LogP contribution is -2.43. The molecule has 0 aliphatic carbocycles. The lowest BCUT2D eigenvalue weighted by molar-refractivity contribution is 0.0777. The molecular weight excluding hydrogens is 296 g/mol. The van der Waals surface area contributed by atoms with Crippen molar-refractivity contribution < 1.29 is 14.0 Å². The van der Waals surface area contributed by atoms with Crippen molar-refractivity contribution in [3.63, 3.8) is 0 Å². The van der Waals surface area contributed by atoms with Gasteiger partial charge in [0.2, 0.25) is 0 Å². The van der Waals surface area contributed by atoms with Crippen molar-refractivity contribution in [2.24, 2.45) is 0 Å². The molecule has 0 aliphatic heterocycles. The number of hydrogen-bond donors (Lipinski definition) is 1. The van der Waals surface area contributed by atoms with Crippen LogP contribution in [0.15, 0.2) is 0 Å². The maximum atomic E-state index is 10.1. The molecule has 21 heavy (non-hydrogen) atoms. The van der Waals surface area contributed by atoms with Gasteiger partial charge in [0, 0.05) is 6.61 Å². The highest BCUT2D eigenvalue weighted by Gasteiger charge is 2.38. The van der Waals surface area contributed by atoms with Crippen LogP contribution in [-0.4, -0.2) is 41.1 Å². The Labute approximate surface area is 134 Å². The summed E-state index contributed by atoms with van der Waals surface area (Å²) < 4.78 is 12.1. The van der Waals surface area contributed by atoms with E-state index in [1.54, 1.807) is 0 Å². The van der Waals surface area contributed by atoms with E-state index in [1.807, 2.05) is 0 Å². The third-order valence-electron chi connectivity index (χ3n) is 5.16. The van der Waals surface area contributed by atoms with E-state index in [2.05, 4.69) is 67.7 Å². The molecule has 5 heteroatoms. The maximum absolute atomic E-state index is 10.1. The van der Waals surface area contributed by atoms with Crippen LogP contribution in [0.1, 0.15) is 48.0 Å². The van der Waals surface area contributed by atoms with Crippen LogP contribution in [-0.2, 0) is 8.85 Å². The van der Waals surface area contributed by atoms with Gasteiger partial charge in [-0.05, 0) is 42.7 Å². The van der Waals surface area contributed by atoms with E-state index in [1.165, 1.54) is 0 Å². The Morgan fingerprint density at radius 3 is 1.57 bits per heavy atom. The van der Waals surface area contributed by atoms with Crippen LogP contribution in [0.25, 0.3) is 0 Å². The van der Waals surface area contributed by atoms with Crippen LogP contribution in [0.2, 0.25) is 36.3 Å². The van der Waals surface area contributed by atoms with Gasteiger partial charge >= 0.3 is 0 Å². The summed E-state index contributed by atoms with van der Waals surface area (Å²) in [4.78, 5) is 0. The van der Waals surface area contributed by atoms with Crippen molar-refractivity contribution in [2.75, 3.05) is 13.2 Å². The highest BCUT2D eigenvalue weighted by molar-refractivity contribution is 6.74. The van der Waals surface area contributed by atoms with E-state index in [4.69, 9.17) is 8.85 Å². The number of hydrogen-bond acceptors (Lipinski definition) is 3. The summed E-state index contributed by atoms with van der Waals surface area (Å²) in [5.74, 6) is 0. The predicted octanol–water partition coefficient (Wildman–Crippen LogP) is 4.78. The zero-order valence-corrected chi connectivity index (χ0v) is 18.0. The highest BCUT2D eigenvalue weighted by Crippen LogP contribution is 2.37. The molecule has 0 bridgehead atoms. The molecule has 0 aromatic carbocycles. The predicted molar refractivity (Wildman–Crippen MR) is 96.9 cm³/mol. The standard InChI is InChI=1S/C16H38O3Si2/c1-15(2,3)20(7,8)18-12-11-14(17)13-19-21(9,10)16(4,5)6/h14,17H,11-13H2,1-10H3/t14-/m0/s1. The molecule has 0 radical (unpaired) electrons. The summed E-state index contributed by atoms with van der Waals surface area (Å²) >= 11 is 0. The fourth-order valence-corrected chi connectivity index (χ4v) is 3.37. The minimum atomic E-state index is -1.77. The molecule has 0 heterocycles. The monoisotopic (exact) mass is 334 g/mol. The molecule has 0 fully saturated rings. The highest BCUT2D eigenvalue weighted by atomic mass is 28.4. The molecule has 0 aromatic rings. The maximum Gasteiger partial charge on any atom is 0.192 e. The summed E-state index contributed by atoms with van der Waals surface area (Å²) in [5.41, 5.74) is 0. The minimum Gasteiger partial charge on any atom is -0.417 e. The molecule has 0 saturated heterocycles. The fraction of sp³-hybridized carbons (Fsp3) is 1.00. The largest absolute Gasteiger partial charge is 0.417 e. The van der Waals surface area contributed by atoms with Gasteiger partial charge < -0.3 is 14.0 Å². The van der Waals surface area contributed by atoms with Gasteiger partial charge in [0.05, 0.1) is 12.7 Å². The van der Waals surface area contributed by atoms with Gasteiger partial charge in [0.25, 0.3) is 0 Å². The van der Waals surface area contributed by atoms with Gasteiger partial charge in [-0.25, -0.2) is 0 Å². The van der Waals surface area contributed by atoms with Gasteiger partial charge in [-0.1, -0.05) is 41.5 Å². The number of rotatable bonds is 7. The first-order valence-electron chi connectivity index (χ1n) is 8.06. The quantitative estimate of drug-likeness (QED) is 0.681. The molecule has 1 N–H and O–H groups in total. The van der Waals surface area contributed by atoms with Crippen LogP contribution in [0.3, 0.4) is 0 Å². The molecule has 3 nitrogen and oxygen atoms in total. The molecule has 0 aromatic heterocycles. The van der Waals surface area contributed by atoms with E-state index in [-0.39, 0.29) is 10.1 Å². The van der Waals surface area contributed by atoms with Crippen LogP contribution in [0.5, 0.6) is 0 Å². The number of aliphatic hydroxyl groups is 1. The Morgan fingerprint density at radius 2 is 1.19 bits per heavy atom. The van der Waals surface area contributed by atoms with Crippen LogP contribution in [0.4, 0.5) is 0 Å². The lowest BCUT2D eigenvalue weighted by Gasteiger charge is -2.37. The van der Waals surface area contributed by atoms with Crippen molar-refractivity contribution in [3.05, 3.63) is 0 Å². The van der Waals surface area contributed by atoms with E-state index < -0.39 is 22.7 Å². The summed E-state index contributed by atoms with van der Waals surface area (Å²) in [5, 5.41) is 10.5. The summed E-state index contributed by atoms with van der Waals surface area (Å²) in [6, 6.07) is 0. The summed E-state index contributed by atoms with van der Waals surface area (Å²) in [6.07, 6.45) is 0.227. The first-order chi connectivity index (χ1) is 9.10. The van der Waals surface area contributed by atoms with Crippen molar-refractivity contribution in [1.29, 1.82) is 0 Å². The SMILES string of the molecule is CC(C)(C)[Si](C)(C)OCC[C@H](O)CO[Si](C)(C)C(C)(C)C. The van der Waals surface area contributed by atoms with Gasteiger partial charge in [-0.15, -0.1) is 0 Å². The van der Waals surface area contributed by atoms with Crippen LogP contribution < -0.4 is 0 Å². The third-order valence-corrected chi connectivity index (χ3v) is 14.2. The second-order valence-corrected chi connectivity index (χ2v) is 18.7. The Balaban J connectivity index is 4.17. The zero-order valence-electron chi connectivity index (χ0n) is 16.0. The first-order valence-corrected chi connectivity index (χ1v) is 13.9. The average molecular weight is 335 g/mol. The molecule has 0 spiro atoms. The third kappa shape index (κ3) is 6.95. The normalized spacial score (nSPS) is 16.1. The molecule has 1 atom stereocenters. The van der Waals surface area contributed by atoms with Gasteiger partial charge in [0.1, 0.15) is 0 Å². The Kier molecular flexibility index (Phi) is 7.37. The fourth-order valence-electron chi connectivity index (χ4n) is 1.27. The van der Waals surface area contributed by atoms with E-state index in [0.717, 1.165) is 0 Å². The molecule has 128 valence electrons. The van der Waals surface area contributed by atoms with Crippen molar-refractivity contribution in [3.8, 4) is 0 Å². The van der Waals surface area contributed by atoms with Gasteiger partial charge in [0.15, 0.2) is 16.6 Å². The summed E-state index contributed by atoms with van der Waals surface area (Å²) in [7, 11) is -3.47. The van der Waals surface area contributed by atoms with Crippen LogP contribution >= 0.6 is 0 Å². The summed E-state index contributed by atoms with van der Waals surface area (Å²) in [6.45, 7) is 23.3. The van der Waals surface area contributed by atoms with E-state index >= 15 is 0 Å². The lowest BCUT2D eigenvalue weighted by atomic mass is 10.2. The molecule has 0 amide bonds. The minimum absolute atomic E-state index is 0.185. The smallest absolute Gasteiger partial charge is 0.192 e. The molecule has 0 unspecified atom stereocenters. The Morgan fingerprint density at radius 1 is 0.810 bits per heavy atom. The Bertz CT molecular complexity index is 314. The number of aliphatic hydroxyl groups excluding tert-OH is 1. The molecule has 0 rings (SSSR count). The van der Waals surface area contributed by atoms with Crippen molar-refractivity contribution in [2.45, 2.75) is 90.3 Å². The van der Waals surface area contributed by atoms with Gasteiger partial charge in [-0.3, -0.25) is 0 Å². The van der Waals surface area contributed by atoms with E-state index in [0.29, 0.717) is 19.6 Å². The Hall–Kier alpha value is 0.314. The topological polar surface area (TPSA) is 38.7 Å². The van der Waals surface area contributed by atoms with Gasteiger partial charge in [-0.2, -0.15) is 0 Å². The molecular formula is C16H38O3Si2. The van der Waals surface area contributed by atoms with Crippen molar-refractivity contribution >= 4 is 16.6 Å². The van der Waals surface area contributed by atoms with Crippen molar-refractivity contribution in [1.82, 2.24) is 0 Å². The van der Waals surface area contributed by atoms with E-state index in [9.17, 15) is 5.11 Å². The second-order valence-electron chi connectivity index (χ2n) is 9.12. The molecule has 0 aliphatic rings.